The van der Waals surface area contributed by atoms with Crippen molar-refractivity contribution in [3.63, 3.8) is 0 Å². The van der Waals surface area contributed by atoms with Gasteiger partial charge in [0.25, 0.3) is 0 Å². The molecule has 0 aliphatic carbocycles. The third-order valence-corrected chi connectivity index (χ3v) is 16.0. The van der Waals surface area contributed by atoms with E-state index in [2.05, 4.69) is 50.4 Å². The van der Waals surface area contributed by atoms with Gasteiger partial charge in [0, 0.05) is 60.6 Å². The predicted molar refractivity (Wildman–Crippen MR) is 341 cm³/mol. The lowest BCUT2D eigenvalue weighted by Crippen LogP contribution is -2.08. The molecule has 15 aromatic rings. The van der Waals surface area contributed by atoms with Crippen LogP contribution in [0.1, 0.15) is 11.1 Å². The fourth-order valence-corrected chi connectivity index (χ4v) is 12.0. The van der Waals surface area contributed by atoms with Gasteiger partial charge in [0.05, 0.1) is 39.9 Å². The minimum atomic E-state index is -4.65. The van der Waals surface area contributed by atoms with Crippen molar-refractivity contribution in [2.45, 2.75) is 13.1 Å². The molecule has 11 aromatic carbocycles. The van der Waals surface area contributed by atoms with Crippen LogP contribution in [-0.2, 0) is 6.18 Å². The number of benzene rings is 11. The van der Waals surface area contributed by atoms with E-state index in [4.69, 9.17) is 36.5 Å². The van der Waals surface area contributed by atoms with Crippen molar-refractivity contribution in [3.8, 4) is 102 Å². The van der Waals surface area contributed by atoms with Crippen LogP contribution in [0.25, 0.3) is 150 Å². The van der Waals surface area contributed by atoms with Crippen LogP contribution in [0.4, 0.5) is 18.9 Å². The molecule has 9 nitrogen and oxygen atoms in total. The van der Waals surface area contributed by atoms with E-state index in [1.165, 1.54) is 6.07 Å². The van der Waals surface area contributed by atoms with Crippen molar-refractivity contribution in [1.29, 1.82) is 0 Å². The number of halogens is 3. The molecule has 0 radical (unpaired) electrons. The summed E-state index contributed by atoms with van der Waals surface area (Å²) in [6, 6.07) is 83.4. The first-order valence-corrected chi connectivity index (χ1v) is 28.3. The van der Waals surface area contributed by atoms with Crippen molar-refractivity contribution in [1.82, 2.24) is 39.0 Å². The maximum Gasteiger partial charge on any atom is 0.417 e. The quantitative estimate of drug-likeness (QED) is 0.127. The monoisotopic (exact) mass is 1130 g/mol. The summed E-state index contributed by atoms with van der Waals surface area (Å²) in [5, 5.41) is 3.74. The number of alkyl halides is 3. The molecule has 12 heteroatoms. The van der Waals surface area contributed by atoms with Crippen molar-refractivity contribution < 1.29 is 13.2 Å². The van der Waals surface area contributed by atoms with E-state index in [9.17, 15) is 0 Å². The molecule has 0 aliphatic rings. The minimum absolute atomic E-state index is 0.0652. The lowest BCUT2D eigenvalue weighted by atomic mass is 9.91. The number of nitrogens with zero attached hydrogens (tertiary/aromatic N) is 9. The molecule has 0 fully saturated rings. The normalized spacial score (nSPS) is 11.7. The van der Waals surface area contributed by atoms with Crippen molar-refractivity contribution >= 4 is 49.3 Å². The number of aryl methyl sites for hydroxylation is 1. The Morgan fingerprint density at radius 1 is 0.345 bits per heavy atom. The summed E-state index contributed by atoms with van der Waals surface area (Å²) in [4.78, 5) is 34.2. The van der Waals surface area contributed by atoms with Crippen molar-refractivity contribution in [2.75, 3.05) is 0 Å². The van der Waals surface area contributed by atoms with Gasteiger partial charge in [0.15, 0.2) is 40.6 Å². The Kier molecular flexibility index (Phi) is 12.7. The van der Waals surface area contributed by atoms with Crippen molar-refractivity contribution in [3.05, 3.63) is 283 Å². The number of para-hydroxylation sites is 2. The standard InChI is InChI=1S/C75H46F3N9/c1-46-20-19-31-61(75(76,77)78)68(46)51-34-39-67(87-64-33-18-16-30-56(64)59-44-53(36-41-66(59)87)74-84-71(49-25-11-5-12-26-49)81-72(85-74)50-27-13-6-14-28-50)60(42-51)57-45-54(37-38-62(57)79-2)86-63-32-17-15-29-55(63)58-43-52(35-40-65(58)86)73-82-69(47-21-7-3-8-22-47)80-70(83-73)48-23-9-4-10-24-48/h3-45H,1H3. The molecule has 0 saturated heterocycles. The summed E-state index contributed by atoms with van der Waals surface area (Å²) in [6.45, 7) is 10.4. The second-order valence-corrected chi connectivity index (χ2v) is 21.3. The second-order valence-electron chi connectivity index (χ2n) is 21.3. The van der Waals surface area contributed by atoms with E-state index < -0.39 is 11.7 Å². The zero-order valence-corrected chi connectivity index (χ0v) is 46.5. The summed E-state index contributed by atoms with van der Waals surface area (Å²) in [5.74, 6) is 3.18. The molecule has 0 amide bonds. The molecule has 4 aromatic heterocycles. The fraction of sp³-hybridized carbons (Fsp3) is 0.0267. The third kappa shape index (κ3) is 9.31. The number of fused-ring (bicyclic) bond motifs is 6. The molecule has 412 valence electrons. The van der Waals surface area contributed by atoms with Crippen LogP contribution < -0.4 is 0 Å². The summed E-state index contributed by atoms with van der Waals surface area (Å²) in [7, 11) is 0. The van der Waals surface area contributed by atoms with Crippen LogP contribution in [0.15, 0.2) is 261 Å². The number of hydrogen-bond donors (Lipinski definition) is 0. The maximum atomic E-state index is 15.2. The Balaban J connectivity index is 0.933. The highest BCUT2D eigenvalue weighted by Gasteiger charge is 2.35. The fourth-order valence-electron chi connectivity index (χ4n) is 12.0. The Morgan fingerprint density at radius 2 is 0.759 bits per heavy atom. The van der Waals surface area contributed by atoms with Crippen LogP contribution in [0, 0.1) is 13.5 Å². The van der Waals surface area contributed by atoms with Gasteiger partial charge in [-0.15, -0.1) is 0 Å². The Bertz CT molecular complexity index is 5110. The Labute approximate surface area is 497 Å². The highest BCUT2D eigenvalue weighted by Crippen LogP contribution is 2.46. The van der Waals surface area contributed by atoms with Gasteiger partial charge in [-0.05, 0) is 114 Å². The molecule has 0 saturated carbocycles. The molecular formula is C75H46F3N9. The SMILES string of the molecule is [C-]#[N+]c1ccc(-n2c3ccccc3c3cc(-c4nc(-c5ccccc5)nc(-c5ccccc5)n4)ccc32)cc1-c1cc(-c2c(C)cccc2C(F)(F)F)ccc1-n1c2ccccc2c2cc(-c3nc(-c4ccccc4)nc(-c4ccccc4)n3)ccc21. The molecule has 0 N–H and O–H groups in total. The van der Waals surface area contributed by atoms with E-state index in [1.54, 1.807) is 25.1 Å². The summed E-state index contributed by atoms with van der Waals surface area (Å²) in [6.07, 6.45) is -4.65. The highest BCUT2D eigenvalue weighted by atomic mass is 19.4. The lowest BCUT2D eigenvalue weighted by molar-refractivity contribution is -0.137. The van der Waals surface area contributed by atoms with Gasteiger partial charge in [0.2, 0.25) is 0 Å². The molecule has 4 heterocycles. The average molecular weight is 1130 g/mol. The van der Waals surface area contributed by atoms with E-state index in [0.29, 0.717) is 68.6 Å². The molecule has 87 heavy (non-hydrogen) atoms. The summed E-state index contributed by atoms with van der Waals surface area (Å²) in [5.41, 5.74) is 11.4. The van der Waals surface area contributed by atoms with Gasteiger partial charge in [-0.25, -0.2) is 34.7 Å². The van der Waals surface area contributed by atoms with E-state index in [-0.39, 0.29) is 5.56 Å². The zero-order chi connectivity index (χ0) is 58.8. The molecule has 0 unspecified atom stereocenters. The topological polar surface area (TPSA) is 91.6 Å². The zero-order valence-electron chi connectivity index (χ0n) is 46.5. The maximum absolute atomic E-state index is 15.2. The smallest absolute Gasteiger partial charge is 0.309 e. The van der Waals surface area contributed by atoms with Gasteiger partial charge in [-0.3, -0.25) is 0 Å². The van der Waals surface area contributed by atoms with Gasteiger partial charge in [-0.1, -0.05) is 182 Å². The van der Waals surface area contributed by atoms with E-state index in [0.717, 1.165) is 88.7 Å². The van der Waals surface area contributed by atoms with E-state index >= 15 is 13.2 Å². The van der Waals surface area contributed by atoms with E-state index in [1.807, 2.05) is 194 Å². The largest absolute Gasteiger partial charge is 0.417 e. The average Bonchev–Trinajstić information content (AvgIpc) is 1.75. The van der Waals surface area contributed by atoms with Crippen LogP contribution in [-0.4, -0.2) is 39.0 Å². The molecule has 0 atom stereocenters. The first kappa shape index (κ1) is 52.1. The number of hydrogen-bond acceptors (Lipinski definition) is 6. The van der Waals surface area contributed by atoms with Gasteiger partial charge >= 0.3 is 6.18 Å². The first-order chi connectivity index (χ1) is 42.6. The first-order valence-electron chi connectivity index (χ1n) is 28.3. The van der Waals surface area contributed by atoms with Crippen LogP contribution in [0.2, 0.25) is 0 Å². The van der Waals surface area contributed by atoms with Gasteiger partial charge < -0.3 is 9.13 Å². The summed E-state index contributed by atoms with van der Waals surface area (Å²) >= 11 is 0. The highest BCUT2D eigenvalue weighted by molar-refractivity contribution is 6.12. The lowest BCUT2D eigenvalue weighted by Gasteiger charge is -2.20. The van der Waals surface area contributed by atoms with Crippen LogP contribution in [0.5, 0.6) is 0 Å². The number of aromatic nitrogens is 8. The molecule has 15 rings (SSSR count). The van der Waals surface area contributed by atoms with Gasteiger partial charge in [-0.2, -0.15) is 13.2 Å². The minimum Gasteiger partial charge on any atom is -0.309 e. The molecular weight excluding hydrogens is 1080 g/mol. The third-order valence-electron chi connectivity index (χ3n) is 16.0. The second kappa shape index (κ2) is 21.2. The van der Waals surface area contributed by atoms with Crippen LogP contribution in [0.3, 0.4) is 0 Å². The van der Waals surface area contributed by atoms with Gasteiger partial charge in [0.1, 0.15) is 0 Å². The Hall–Kier alpha value is -11.7. The molecule has 0 aliphatic heterocycles. The predicted octanol–water partition coefficient (Wildman–Crippen LogP) is 19.5. The molecule has 0 spiro atoms. The Morgan fingerprint density at radius 3 is 1.23 bits per heavy atom. The summed E-state index contributed by atoms with van der Waals surface area (Å²) < 4.78 is 49.8. The number of rotatable bonds is 10. The van der Waals surface area contributed by atoms with Crippen LogP contribution >= 0.6 is 0 Å². The molecule has 0 bridgehead atoms. The van der Waals surface area contributed by atoms with Crippen molar-refractivity contribution in [2.24, 2.45) is 0 Å².